The van der Waals surface area contributed by atoms with Gasteiger partial charge in [-0.3, -0.25) is 13.8 Å². The van der Waals surface area contributed by atoms with Gasteiger partial charge in [-0.25, -0.2) is 4.57 Å². The first-order valence-corrected chi connectivity index (χ1v) is 35.9. The molecule has 9 heteroatoms. The molecule has 0 aromatic heterocycles. The summed E-state index contributed by atoms with van der Waals surface area (Å²) >= 11 is 0. The van der Waals surface area contributed by atoms with Crippen LogP contribution in [0.3, 0.4) is 0 Å². The molecule has 0 aromatic rings. The lowest BCUT2D eigenvalue weighted by molar-refractivity contribution is -0.870. The summed E-state index contributed by atoms with van der Waals surface area (Å²) in [6.45, 7) is 4.70. The molecule has 0 heterocycles. The summed E-state index contributed by atoms with van der Waals surface area (Å²) in [4.78, 5) is 23.4. The molecule has 0 saturated carbocycles. The molecule has 0 bridgehead atoms. The number of nitrogens with one attached hydrogen (secondary N) is 1. The molecule has 8 nitrogen and oxygen atoms in total. The fraction of sp³-hybridized carbons (Fsp3) is 0.716. The Labute approximate surface area is 514 Å². The maximum absolute atomic E-state index is 13.0. The van der Waals surface area contributed by atoms with Crippen LogP contribution in [0.4, 0.5) is 0 Å². The van der Waals surface area contributed by atoms with Crippen molar-refractivity contribution in [1.29, 1.82) is 0 Å². The van der Waals surface area contributed by atoms with Crippen LogP contribution in [0.25, 0.3) is 0 Å². The van der Waals surface area contributed by atoms with E-state index in [0.717, 1.165) is 116 Å². The topological polar surface area (TPSA) is 105 Å². The summed E-state index contributed by atoms with van der Waals surface area (Å²) < 4.78 is 23.8. The first-order valence-electron chi connectivity index (χ1n) is 34.4. The third-order valence-corrected chi connectivity index (χ3v) is 15.9. The van der Waals surface area contributed by atoms with Gasteiger partial charge in [0.25, 0.3) is 0 Å². The van der Waals surface area contributed by atoms with E-state index in [0.29, 0.717) is 17.4 Å². The van der Waals surface area contributed by atoms with Crippen LogP contribution in [-0.4, -0.2) is 73.4 Å². The van der Waals surface area contributed by atoms with Gasteiger partial charge >= 0.3 is 7.82 Å². The monoisotopic (exact) mass is 1180 g/mol. The normalized spacial score (nSPS) is 14.4. The number of carbonyl (C=O) groups is 1. The van der Waals surface area contributed by atoms with Crippen molar-refractivity contribution < 1.29 is 32.9 Å². The first kappa shape index (κ1) is 79.9. The highest BCUT2D eigenvalue weighted by Gasteiger charge is 2.28. The molecule has 0 radical (unpaired) electrons. The van der Waals surface area contributed by atoms with Gasteiger partial charge in [0.05, 0.1) is 39.9 Å². The predicted octanol–water partition coefficient (Wildman–Crippen LogP) is 22.0. The van der Waals surface area contributed by atoms with E-state index >= 15 is 0 Å². The van der Waals surface area contributed by atoms with Crippen LogP contribution in [0.15, 0.2) is 122 Å². The minimum absolute atomic E-state index is 0.0514. The van der Waals surface area contributed by atoms with E-state index < -0.39 is 20.0 Å². The quantitative estimate of drug-likeness (QED) is 0.0243. The summed E-state index contributed by atoms with van der Waals surface area (Å²) in [6.07, 6.45) is 94.7. The second kappa shape index (κ2) is 63.4. The van der Waals surface area contributed by atoms with Crippen LogP contribution < -0.4 is 5.32 Å². The number of amides is 1. The number of quaternary nitrogens is 1. The Bertz CT molecular complexity index is 1770. The number of hydrogen-bond donors (Lipinski definition) is 3. The number of phosphoric acid groups is 1. The Balaban J connectivity index is 4.20. The number of phosphoric ester groups is 1. The van der Waals surface area contributed by atoms with E-state index in [9.17, 15) is 19.4 Å². The molecular formula is C74H132N2O6P+. The average Bonchev–Trinajstić information content (AvgIpc) is 3.49. The van der Waals surface area contributed by atoms with Gasteiger partial charge in [0, 0.05) is 6.42 Å². The Kier molecular flexibility index (Phi) is 61.0. The number of allylic oxidation sites excluding steroid dienone is 19. The zero-order valence-electron chi connectivity index (χ0n) is 54.7. The van der Waals surface area contributed by atoms with Crippen molar-refractivity contribution in [2.45, 2.75) is 302 Å². The predicted molar refractivity (Wildman–Crippen MR) is 364 cm³/mol. The molecule has 3 N–H and O–H groups in total. The van der Waals surface area contributed by atoms with Crippen molar-refractivity contribution in [3.63, 3.8) is 0 Å². The van der Waals surface area contributed by atoms with Gasteiger partial charge in [-0.15, -0.1) is 0 Å². The SMILES string of the molecule is CC/C=C\C/C=C\C/C=C\C/C=C\C/C=C\C/C=C\C/C=C\C/C=C\C/C=C\CCCCCCCC(=O)NC(COP(=O)(O)OCC[N+](C)(C)C)C(O)/C=C/CCCCCCCCCCCCCCCCCCCCCCCCCCCC. The lowest BCUT2D eigenvalue weighted by atomic mass is 10.0. The summed E-state index contributed by atoms with van der Waals surface area (Å²) in [6, 6.07) is -0.868. The van der Waals surface area contributed by atoms with E-state index in [1.807, 2.05) is 27.2 Å². The Morgan fingerprint density at radius 2 is 0.723 bits per heavy atom. The molecule has 0 saturated heterocycles. The zero-order chi connectivity index (χ0) is 60.5. The Hall–Kier alpha value is -3.10. The van der Waals surface area contributed by atoms with Gasteiger partial charge in [-0.05, 0) is 89.9 Å². The molecule has 0 aliphatic carbocycles. The molecular weight excluding hydrogens is 1040 g/mol. The number of aliphatic hydroxyl groups is 1. The number of carbonyl (C=O) groups excluding carboxylic acids is 1. The van der Waals surface area contributed by atoms with Gasteiger partial charge in [0.1, 0.15) is 13.2 Å². The van der Waals surface area contributed by atoms with Crippen molar-refractivity contribution in [2.24, 2.45) is 0 Å². The number of likely N-dealkylation sites (N-methyl/N-ethyl adjacent to an activating group) is 1. The summed E-state index contributed by atoms with van der Waals surface area (Å²) in [5, 5.41) is 14.0. The fourth-order valence-corrected chi connectivity index (χ4v) is 10.4. The van der Waals surface area contributed by atoms with Crippen LogP contribution in [0.5, 0.6) is 0 Å². The summed E-state index contributed by atoms with van der Waals surface area (Å²) in [5.74, 6) is -0.198. The van der Waals surface area contributed by atoms with E-state index in [-0.39, 0.29) is 19.1 Å². The summed E-state index contributed by atoms with van der Waals surface area (Å²) in [5.41, 5.74) is 0. The molecule has 0 fully saturated rings. The molecule has 0 aromatic carbocycles. The number of hydrogen-bond acceptors (Lipinski definition) is 5. The zero-order valence-corrected chi connectivity index (χ0v) is 55.5. The van der Waals surface area contributed by atoms with Crippen LogP contribution in [0.2, 0.25) is 0 Å². The highest BCUT2D eigenvalue weighted by molar-refractivity contribution is 7.47. The van der Waals surface area contributed by atoms with Gasteiger partial charge in [0.15, 0.2) is 0 Å². The number of aliphatic hydroxyl groups excluding tert-OH is 1. The largest absolute Gasteiger partial charge is 0.472 e. The van der Waals surface area contributed by atoms with Crippen molar-refractivity contribution >= 4 is 13.7 Å². The minimum Gasteiger partial charge on any atom is -0.387 e. The third kappa shape index (κ3) is 66.3. The summed E-state index contributed by atoms with van der Waals surface area (Å²) in [7, 11) is 1.55. The van der Waals surface area contributed by atoms with E-state index in [1.165, 1.54) is 154 Å². The molecule has 0 aliphatic rings. The van der Waals surface area contributed by atoms with Crippen molar-refractivity contribution in [3.8, 4) is 0 Å². The van der Waals surface area contributed by atoms with Crippen molar-refractivity contribution in [3.05, 3.63) is 122 Å². The number of rotatable bonds is 62. The van der Waals surface area contributed by atoms with Crippen LogP contribution in [-0.2, 0) is 18.4 Å². The highest BCUT2D eigenvalue weighted by Crippen LogP contribution is 2.43. The second-order valence-corrected chi connectivity index (χ2v) is 25.6. The third-order valence-electron chi connectivity index (χ3n) is 14.9. The number of nitrogens with zero attached hydrogens (tertiary/aromatic N) is 1. The van der Waals surface area contributed by atoms with E-state index in [2.05, 4.69) is 129 Å². The standard InChI is InChI=1S/C74H131N2O6P/c1-6-8-10-12-14-16-18-20-22-24-26-28-30-32-34-36-37-38-39-40-42-44-46-48-50-52-54-56-58-60-62-64-66-68-74(78)75-72(71-82-83(79,80)81-70-69-76(3,4)5)73(77)67-65-63-61-59-57-55-53-51-49-47-45-43-41-35-33-31-29-27-25-23-21-19-17-15-13-11-9-7-2/h8,10,14,16,20,22,26,28,32,34,37-38,40,42,46,48,52,54,65,67,72-73,77H,6-7,9,11-13,15,17-19,21,23-25,27,29-31,33,35-36,39,41,43-45,47,49-51,53,55-64,66,68-71H2,1-5H3,(H-,75,78,79,80)/p+1/b10-8-,16-14-,22-20-,28-26-,34-32-,38-37-,42-40-,48-46-,54-52-,67-65+. The Morgan fingerprint density at radius 3 is 1.06 bits per heavy atom. The molecule has 0 rings (SSSR count). The molecule has 478 valence electrons. The van der Waals surface area contributed by atoms with Gasteiger partial charge in [0.2, 0.25) is 5.91 Å². The lowest BCUT2D eigenvalue weighted by Gasteiger charge is -2.25. The van der Waals surface area contributed by atoms with E-state index in [4.69, 9.17) is 9.05 Å². The second-order valence-electron chi connectivity index (χ2n) is 24.2. The minimum atomic E-state index is -4.37. The van der Waals surface area contributed by atoms with E-state index in [1.54, 1.807) is 6.08 Å². The molecule has 0 spiro atoms. The molecule has 3 unspecified atom stereocenters. The van der Waals surface area contributed by atoms with Gasteiger partial charge in [-0.2, -0.15) is 0 Å². The van der Waals surface area contributed by atoms with Crippen LogP contribution >= 0.6 is 7.82 Å². The highest BCUT2D eigenvalue weighted by atomic mass is 31.2. The lowest BCUT2D eigenvalue weighted by Crippen LogP contribution is -2.45. The van der Waals surface area contributed by atoms with Crippen LogP contribution in [0.1, 0.15) is 290 Å². The fourth-order valence-electron chi connectivity index (χ4n) is 9.62. The van der Waals surface area contributed by atoms with Gasteiger partial charge < -0.3 is 19.8 Å². The number of unbranched alkanes of at least 4 members (excludes halogenated alkanes) is 31. The maximum atomic E-state index is 13.0. The van der Waals surface area contributed by atoms with Crippen LogP contribution in [0, 0.1) is 0 Å². The maximum Gasteiger partial charge on any atom is 0.472 e. The first-order chi connectivity index (χ1) is 40.5. The smallest absolute Gasteiger partial charge is 0.387 e. The molecule has 0 aliphatic heterocycles. The molecule has 3 atom stereocenters. The van der Waals surface area contributed by atoms with Gasteiger partial charge in [-0.1, -0.05) is 315 Å². The molecule has 1 amide bonds. The van der Waals surface area contributed by atoms with Crippen molar-refractivity contribution in [1.82, 2.24) is 5.32 Å². The molecule has 83 heavy (non-hydrogen) atoms. The Morgan fingerprint density at radius 1 is 0.422 bits per heavy atom. The average molecular weight is 1180 g/mol. The van der Waals surface area contributed by atoms with Crippen molar-refractivity contribution in [2.75, 3.05) is 40.9 Å².